The second-order valence-corrected chi connectivity index (χ2v) is 5.83. The number of carbonyl (C=O) groups is 1. The number of aromatic hydroxyl groups is 1. The number of ether oxygens (including phenoxy) is 3. The zero-order valence-electron chi connectivity index (χ0n) is 15.4. The van der Waals surface area contributed by atoms with Crippen molar-refractivity contribution < 1.29 is 24.1 Å². The third-order valence-electron chi connectivity index (χ3n) is 4.30. The zero-order chi connectivity index (χ0) is 19.4. The van der Waals surface area contributed by atoms with Crippen molar-refractivity contribution >= 4 is 22.6 Å². The molecule has 3 aromatic rings. The van der Waals surface area contributed by atoms with Gasteiger partial charge in [-0.2, -0.15) is 0 Å². The third-order valence-corrected chi connectivity index (χ3v) is 4.30. The van der Waals surface area contributed by atoms with Gasteiger partial charge in [0.25, 0.3) is 0 Å². The minimum absolute atomic E-state index is 0.0791. The number of benzene rings is 3. The molecule has 0 atom stereocenters. The highest BCUT2D eigenvalue weighted by Gasteiger charge is 2.12. The summed E-state index contributed by atoms with van der Waals surface area (Å²) >= 11 is 0. The average molecular weight is 364 g/mol. The van der Waals surface area contributed by atoms with E-state index in [1.807, 2.05) is 24.3 Å². The fourth-order valence-electron chi connectivity index (χ4n) is 2.94. The Balaban J connectivity index is 1.98. The second-order valence-electron chi connectivity index (χ2n) is 5.83. The van der Waals surface area contributed by atoms with Crippen LogP contribution in [0, 0.1) is 0 Å². The minimum atomic E-state index is -0.139. The summed E-state index contributed by atoms with van der Waals surface area (Å²) in [6.45, 7) is 0. The number of hydrogen-bond donors (Lipinski definition) is 1. The van der Waals surface area contributed by atoms with Crippen LogP contribution in [0.2, 0.25) is 0 Å². The molecule has 5 nitrogen and oxygen atoms in total. The van der Waals surface area contributed by atoms with Gasteiger partial charge in [-0.1, -0.05) is 30.3 Å². The maximum absolute atomic E-state index is 12.8. The number of rotatable bonds is 6. The first-order chi connectivity index (χ1) is 13.1. The number of carbonyl (C=O) groups excluding carboxylic acids is 1. The first kappa shape index (κ1) is 18.3. The molecule has 0 aliphatic heterocycles. The first-order valence-electron chi connectivity index (χ1n) is 8.32. The Bertz CT molecular complexity index is 995. The molecule has 138 valence electrons. The lowest BCUT2D eigenvalue weighted by Crippen LogP contribution is -1.97. The number of fused-ring (bicyclic) bond motifs is 1. The summed E-state index contributed by atoms with van der Waals surface area (Å²) in [5.74, 6) is 1.05. The van der Waals surface area contributed by atoms with Crippen molar-refractivity contribution in [1.29, 1.82) is 0 Å². The van der Waals surface area contributed by atoms with E-state index in [2.05, 4.69) is 0 Å². The molecule has 3 rings (SSSR count). The molecule has 5 heteroatoms. The number of phenols is 1. The molecule has 0 radical (unpaired) electrons. The number of allylic oxidation sites excluding steroid dienone is 1. The Labute approximate surface area is 157 Å². The molecule has 0 heterocycles. The number of ketones is 1. The first-order valence-corrected chi connectivity index (χ1v) is 8.32. The number of phenolic OH excluding ortho intramolecular Hbond substituents is 1. The largest absolute Gasteiger partial charge is 0.502 e. The summed E-state index contributed by atoms with van der Waals surface area (Å²) in [6, 6.07) is 14.4. The van der Waals surface area contributed by atoms with E-state index in [1.54, 1.807) is 37.5 Å². The molecule has 0 saturated carbocycles. The molecule has 3 aromatic carbocycles. The maximum atomic E-state index is 12.8. The fraction of sp³-hybridized carbons (Fsp3) is 0.136. The van der Waals surface area contributed by atoms with Gasteiger partial charge in [0.2, 0.25) is 5.75 Å². The normalized spacial score (nSPS) is 10.9. The molecule has 0 saturated heterocycles. The van der Waals surface area contributed by atoms with E-state index in [0.717, 1.165) is 16.5 Å². The summed E-state index contributed by atoms with van der Waals surface area (Å²) < 4.78 is 15.7. The van der Waals surface area contributed by atoms with Crippen LogP contribution in [0.15, 0.2) is 54.6 Å². The van der Waals surface area contributed by atoms with Gasteiger partial charge < -0.3 is 19.3 Å². The Morgan fingerprint density at radius 3 is 2.04 bits per heavy atom. The third kappa shape index (κ3) is 3.58. The van der Waals surface area contributed by atoms with Gasteiger partial charge in [0, 0.05) is 10.9 Å². The lowest BCUT2D eigenvalue weighted by Gasteiger charge is -2.10. The molecule has 0 aliphatic rings. The smallest absolute Gasteiger partial charge is 0.200 e. The Hall–Kier alpha value is -3.47. The topological polar surface area (TPSA) is 65.0 Å². The lowest BCUT2D eigenvalue weighted by molar-refractivity contribution is 0.104. The Morgan fingerprint density at radius 1 is 0.852 bits per heavy atom. The van der Waals surface area contributed by atoms with Crippen LogP contribution < -0.4 is 14.2 Å². The van der Waals surface area contributed by atoms with Crippen LogP contribution in [0.3, 0.4) is 0 Å². The molecule has 0 unspecified atom stereocenters. The molecule has 0 aromatic heterocycles. The van der Waals surface area contributed by atoms with Crippen molar-refractivity contribution in [2.75, 3.05) is 21.3 Å². The van der Waals surface area contributed by atoms with Crippen LogP contribution >= 0.6 is 0 Å². The summed E-state index contributed by atoms with van der Waals surface area (Å²) in [4.78, 5) is 12.8. The highest BCUT2D eigenvalue weighted by molar-refractivity contribution is 6.15. The van der Waals surface area contributed by atoms with Gasteiger partial charge in [0.05, 0.1) is 21.3 Å². The lowest BCUT2D eigenvalue weighted by atomic mass is 10.00. The van der Waals surface area contributed by atoms with Crippen molar-refractivity contribution in [2.24, 2.45) is 0 Å². The molecular formula is C22H20O5. The predicted molar refractivity (Wildman–Crippen MR) is 105 cm³/mol. The summed E-state index contributed by atoms with van der Waals surface area (Å²) in [5.41, 5.74) is 1.26. The second kappa shape index (κ2) is 7.83. The van der Waals surface area contributed by atoms with Crippen LogP contribution in [-0.4, -0.2) is 32.2 Å². The number of hydrogen-bond acceptors (Lipinski definition) is 5. The van der Waals surface area contributed by atoms with Crippen molar-refractivity contribution in [3.05, 3.63) is 65.7 Å². The summed E-state index contributed by atoms with van der Waals surface area (Å²) in [5, 5.41) is 11.7. The maximum Gasteiger partial charge on any atom is 0.200 e. The molecule has 0 amide bonds. The van der Waals surface area contributed by atoms with Gasteiger partial charge >= 0.3 is 0 Å². The van der Waals surface area contributed by atoms with Crippen LogP contribution in [0.1, 0.15) is 15.9 Å². The van der Waals surface area contributed by atoms with Crippen molar-refractivity contribution in [2.45, 2.75) is 0 Å². The van der Waals surface area contributed by atoms with Gasteiger partial charge in [0.15, 0.2) is 17.3 Å². The Morgan fingerprint density at radius 2 is 1.44 bits per heavy atom. The highest BCUT2D eigenvalue weighted by atomic mass is 16.5. The van der Waals surface area contributed by atoms with Gasteiger partial charge in [-0.15, -0.1) is 0 Å². The monoisotopic (exact) mass is 364 g/mol. The summed E-state index contributed by atoms with van der Waals surface area (Å²) in [7, 11) is 4.52. The van der Waals surface area contributed by atoms with Crippen LogP contribution in [0.25, 0.3) is 16.8 Å². The molecule has 0 spiro atoms. The zero-order valence-corrected chi connectivity index (χ0v) is 15.4. The van der Waals surface area contributed by atoms with Crippen molar-refractivity contribution in [1.82, 2.24) is 0 Å². The van der Waals surface area contributed by atoms with E-state index in [4.69, 9.17) is 14.2 Å². The average Bonchev–Trinajstić information content (AvgIpc) is 2.71. The van der Waals surface area contributed by atoms with E-state index in [1.165, 1.54) is 20.3 Å². The van der Waals surface area contributed by atoms with Crippen molar-refractivity contribution in [3.8, 4) is 23.0 Å². The van der Waals surface area contributed by atoms with E-state index < -0.39 is 0 Å². The van der Waals surface area contributed by atoms with E-state index in [-0.39, 0.29) is 23.0 Å². The highest BCUT2D eigenvalue weighted by Crippen LogP contribution is 2.37. The van der Waals surface area contributed by atoms with Gasteiger partial charge in [-0.05, 0) is 41.3 Å². The van der Waals surface area contributed by atoms with Crippen LogP contribution in [0.4, 0.5) is 0 Å². The quantitative estimate of drug-likeness (QED) is 0.516. The Kier molecular flexibility index (Phi) is 5.31. The standard InChI is InChI=1S/C22H20O5/c1-25-19-11-9-16(15-6-4-5-7-17(15)19)18(23)10-8-14-12-20(26-2)22(24)21(13-14)27-3/h4-13,24H,1-3H3/b10-8+. The molecular weight excluding hydrogens is 344 g/mol. The SMILES string of the molecule is COc1cc(/C=C/C(=O)c2ccc(OC)c3ccccc23)cc(OC)c1O. The molecule has 0 fully saturated rings. The summed E-state index contributed by atoms with van der Waals surface area (Å²) in [6.07, 6.45) is 3.14. The van der Waals surface area contributed by atoms with E-state index in [0.29, 0.717) is 11.1 Å². The molecule has 0 aliphatic carbocycles. The molecule has 0 bridgehead atoms. The van der Waals surface area contributed by atoms with Crippen LogP contribution in [-0.2, 0) is 0 Å². The van der Waals surface area contributed by atoms with E-state index in [9.17, 15) is 9.90 Å². The van der Waals surface area contributed by atoms with E-state index >= 15 is 0 Å². The van der Waals surface area contributed by atoms with Crippen LogP contribution in [0.5, 0.6) is 23.0 Å². The van der Waals surface area contributed by atoms with Gasteiger partial charge in [-0.3, -0.25) is 4.79 Å². The van der Waals surface area contributed by atoms with Crippen molar-refractivity contribution in [3.63, 3.8) is 0 Å². The minimum Gasteiger partial charge on any atom is -0.502 e. The fourth-order valence-corrected chi connectivity index (χ4v) is 2.94. The number of methoxy groups -OCH3 is 3. The predicted octanol–water partition coefficient (Wildman–Crippen LogP) is 4.47. The van der Waals surface area contributed by atoms with Gasteiger partial charge in [0.1, 0.15) is 5.75 Å². The molecule has 1 N–H and O–H groups in total. The van der Waals surface area contributed by atoms with Gasteiger partial charge in [-0.25, -0.2) is 0 Å². The molecule has 27 heavy (non-hydrogen) atoms.